The molecule has 0 heterocycles. The van der Waals surface area contributed by atoms with Crippen LogP contribution in [0.3, 0.4) is 0 Å². The number of hydrogen-bond acceptors (Lipinski definition) is 2. The van der Waals surface area contributed by atoms with E-state index in [1.165, 1.54) is 39.1 Å². The van der Waals surface area contributed by atoms with Crippen molar-refractivity contribution in [2.75, 3.05) is 5.73 Å². The number of rotatable bonds is 8. The zero-order chi connectivity index (χ0) is 21.5. The van der Waals surface area contributed by atoms with Crippen molar-refractivity contribution in [3.63, 3.8) is 0 Å². The highest BCUT2D eigenvalue weighted by molar-refractivity contribution is 6.02. The Morgan fingerprint density at radius 2 is 1.43 bits per heavy atom. The Labute approximate surface area is 181 Å². The summed E-state index contributed by atoms with van der Waals surface area (Å²) in [6, 6.07) is 21.9. The molecular formula is C28H34N2. The van der Waals surface area contributed by atoms with Gasteiger partial charge in [0.2, 0.25) is 0 Å². The van der Waals surface area contributed by atoms with E-state index in [1.807, 2.05) is 6.07 Å². The van der Waals surface area contributed by atoms with Crippen molar-refractivity contribution < 1.29 is 0 Å². The van der Waals surface area contributed by atoms with Gasteiger partial charge in [-0.05, 0) is 72.6 Å². The first-order valence-corrected chi connectivity index (χ1v) is 11.2. The molecule has 0 aliphatic heterocycles. The van der Waals surface area contributed by atoms with E-state index in [1.54, 1.807) is 0 Å². The van der Waals surface area contributed by atoms with Crippen LogP contribution in [0.15, 0.2) is 65.7 Å². The molecule has 2 nitrogen and oxygen atoms in total. The van der Waals surface area contributed by atoms with E-state index in [2.05, 4.69) is 82.3 Å². The summed E-state index contributed by atoms with van der Waals surface area (Å²) in [6.07, 6.45) is 4.93. The molecule has 0 aromatic heterocycles. The highest BCUT2D eigenvalue weighted by atomic mass is 14.8. The Morgan fingerprint density at radius 1 is 0.800 bits per heavy atom. The summed E-state index contributed by atoms with van der Waals surface area (Å²) in [7, 11) is 0. The van der Waals surface area contributed by atoms with Crippen molar-refractivity contribution in [1.29, 1.82) is 0 Å². The van der Waals surface area contributed by atoms with Crippen molar-refractivity contribution in [3.8, 4) is 0 Å². The number of hydrogen-bond donors (Lipinski definition) is 1. The molecular weight excluding hydrogens is 364 g/mol. The Bertz CT molecular complexity index is 1010. The maximum absolute atomic E-state index is 6.07. The van der Waals surface area contributed by atoms with Crippen LogP contribution in [0, 0.1) is 6.92 Å². The van der Waals surface area contributed by atoms with E-state index in [0.29, 0.717) is 0 Å². The van der Waals surface area contributed by atoms with Gasteiger partial charge >= 0.3 is 0 Å². The SMILES string of the molecule is CCCC(=Nc1ccc(Cc2ccc(N)c(CC)c2)cc1CC)c1ccc(C)cc1. The second-order valence-electron chi connectivity index (χ2n) is 8.05. The van der Waals surface area contributed by atoms with Crippen LogP contribution in [0.1, 0.15) is 67.0 Å². The quantitative estimate of drug-likeness (QED) is 0.316. The van der Waals surface area contributed by atoms with Gasteiger partial charge in [0, 0.05) is 11.4 Å². The molecule has 30 heavy (non-hydrogen) atoms. The van der Waals surface area contributed by atoms with Gasteiger partial charge < -0.3 is 5.73 Å². The molecule has 156 valence electrons. The number of aryl methyl sites for hydroxylation is 3. The lowest BCUT2D eigenvalue weighted by atomic mass is 9.98. The third kappa shape index (κ3) is 5.38. The molecule has 0 fully saturated rings. The van der Waals surface area contributed by atoms with E-state index >= 15 is 0 Å². The van der Waals surface area contributed by atoms with Crippen LogP contribution in [0.4, 0.5) is 11.4 Å². The van der Waals surface area contributed by atoms with Crippen molar-refractivity contribution in [2.24, 2.45) is 4.99 Å². The maximum atomic E-state index is 6.07. The predicted octanol–water partition coefficient (Wildman–Crippen LogP) is 7.21. The monoisotopic (exact) mass is 398 g/mol. The van der Waals surface area contributed by atoms with Gasteiger partial charge in [0.1, 0.15) is 0 Å². The van der Waals surface area contributed by atoms with E-state index in [9.17, 15) is 0 Å². The Morgan fingerprint density at radius 3 is 2.07 bits per heavy atom. The third-order valence-electron chi connectivity index (χ3n) is 5.65. The number of benzene rings is 3. The molecule has 0 saturated heterocycles. The van der Waals surface area contributed by atoms with Crippen LogP contribution in [0.2, 0.25) is 0 Å². The molecule has 3 aromatic carbocycles. The largest absolute Gasteiger partial charge is 0.399 e. The van der Waals surface area contributed by atoms with Gasteiger partial charge in [0.05, 0.1) is 5.69 Å². The Kier molecular flexibility index (Phi) is 7.46. The predicted molar refractivity (Wildman–Crippen MR) is 131 cm³/mol. The topological polar surface area (TPSA) is 38.4 Å². The lowest BCUT2D eigenvalue weighted by molar-refractivity contribution is 0.990. The molecule has 0 aliphatic carbocycles. The van der Waals surface area contributed by atoms with Gasteiger partial charge in [-0.15, -0.1) is 0 Å². The smallest absolute Gasteiger partial charge is 0.0665 e. The standard InChI is InChI=1S/C28H34N2/c1-5-8-27(25-13-9-20(4)10-14-25)30-28-16-12-22(19-24(28)7-3)17-21-11-15-26(29)23(6-2)18-21/h9-16,18-19H,5-8,17,29H2,1-4H3. The van der Waals surface area contributed by atoms with Gasteiger partial charge in [-0.2, -0.15) is 0 Å². The molecule has 3 aromatic rings. The van der Waals surface area contributed by atoms with Crippen LogP contribution < -0.4 is 5.73 Å². The molecule has 0 aliphatic rings. The summed E-state index contributed by atoms with van der Waals surface area (Å²) in [6.45, 7) is 8.70. The van der Waals surface area contributed by atoms with E-state index in [-0.39, 0.29) is 0 Å². The average Bonchev–Trinajstić information content (AvgIpc) is 2.76. The summed E-state index contributed by atoms with van der Waals surface area (Å²) in [5.41, 5.74) is 16.9. The Balaban J connectivity index is 1.90. The third-order valence-corrected chi connectivity index (χ3v) is 5.65. The number of aliphatic imine (C=N–C) groups is 1. The lowest BCUT2D eigenvalue weighted by Gasteiger charge is -2.12. The van der Waals surface area contributed by atoms with Crippen molar-refractivity contribution in [1.82, 2.24) is 0 Å². The second kappa shape index (κ2) is 10.2. The molecule has 0 atom stereocenters. The Hall–Kier alpha value is -2.87. The van der Waals surface area contributed by atoms with Crippen molar-refractivity contribution >= 4 is 17.1 Å². The number of nitrogens with zero attached hydrogens (tertiary/aromatic N) is 1. The van der Waals surface area contributed by atoms with Crippen LogP contribution in [0.5, 0.6) is 0 Å². The van der Waals surface area contributed by atoms with Gasteiger partial charge in [-0.25, -0.2) is 0 Å². The fourth-order valence-electron chi connectivity index (χ4n) is 3.84. The lowest BCUT2D eigenvalue weighted by Crippen LogP contribution is -2.01. The van der Waals surface area contributed by atoms with Crippen LogP contribution >= 0.6 is 0 Å². The van der Waals surface area contributed by atoms with E-state index in [0.717, 1.165) is 43.5 Å². The van der Waals surface area contributed by atoms with Crippen LogP contribution in [0.25, 0.3) is 0 Å². The molecule has 0 unspecified atom stereocenters. The summed E-state index contributed by atoms with van der Waals surface area (Å²) in [5.74, 6) is 0. The molecule has 2 heteroatoms. The molecule has 0 radical (unpaired) electrons. The van der Waals surface area contributed by atoms with Gasteiger partial charge in [0.15, 0.2) is 0 Å². The molecule has 0 amide bonds. The minimum atomic E-state index is 0.889. The zero-order valence-electron chi connectivity index (χ0n) is 18.8. The summed E-state index contributed by atoms with van der Waals surface area (Å²) in [4.78, 5) is 5.11. The normalized spacial score (nSPS) is 11.7. The molecule has 2 N–H and O–H groups in total. The van der Waals surface area contributed by atoms with Crippen LogP contribution in [-0.4, -0.2) is 5.71 Å². The van der Waals surface area contributed by atoms with Crippen molar-refractivity contribution in [3.05, 3.63) is 94.0 Å². The number of anilines is 1. The fraction of sp³-hybridized carbons (Fsp3) is 0.321. The zero-order valence-corrected chi connectivity index (χ0v) is 18.8. The summed E-state index contributed by atoms with van der Waals surface area (Å²) < 4.78 is 0. The number of nitrogens with two attached hydrogens (primary N) is 1. The van der Waals surface area contributed by atoms with Gasteiger partial charge in [0.25, 0.3) is 0 Å². The first-order chi connectivity index (χ1) is 14.5. The highest BCUT2D eigenvalue weighted by Gasteiger charge is 2.08. The molecule has 0 bridgehead atoms. The first-order valence-electron chi connectivity index (χ1n) is 11.2. The van der Waals surface area contributed by atoms with Gasteiger partial charge in [-0.1, -0.05) is 81.3 Å². The minimum absolute atomic E-state index is 0.889. The maximum Gasteiger partial charge on any atom is 0.0665 e. The second-order valence-corrected chi connectivity index (χ2v) is 8.05. The first kappa shape index (κ1) is 21.8. The minimum Gasteiger partial charge on any atom is -0.399 e. The molecule has 3 rings (SSSR count). The van der Waals surface area contributed by atoms with E-state index < -0.39 is 0 Å². The fourth-order valence-corrected chi connectivity index (χ4v) is 3.84. The van der Waals surface area contributed by atoms with Crippen LogP contribution in [-0.2, 0) is 19.3 Å². The molecule has 0 spiro atoms. The van der Waals surface area contributed by atoms with Crippen molar-refractivity contribution in [2.45, 2.75) is 59.8 Å². The molecule has 0 saturated carbocycles. The summed E-state index contributed by atoms with van der Waals surface area (Å²) >= 11 is 0. The van der Waals surface area contributed by atoms with Gasteiger partial charge in [-0.3, -0.25) is 4.99 Å². The summed E-state index contributed by atoms with van der Waals surface area (Å²) in [5, 5.41) is 0. The van der Waals surface area contributed by atoms with E-state index in [4.69, 9.17) is 10.7 Å². The number of nitrogen functional groups attached to an aromatic ring is 1. The highest BCUT2D eigenvalue weighted by Crippen LogP contribution is 2.26. The average molecular weight is 399 g/mol.